The average molecular weight is 266 g/mol. The summed E-state index contributed by atoms with van der Waals surface area (Å²) in [6.07, 6.45) is 0. The van der Waals surface area contributed by atoms with E-state index >= 15 is 0 Å². The second-order valence-electron chi connectivity index (χ2n) is 2.29. The van der Waals surface area contributed by atoms with Gasteiger partial charge in [-0.3, -0.25) is 0 Å². The lowest BCUT2D eigenvalue weighted by atomic mass is 10.4. The summed E-state index contributed by atoms with van der Waals surface area (Å²) < 4.78 is 25.6. The van der Waals surface area contributed by atoms with Crippen LogP contribution in [0.5, 0.6) is 0 Å². The van der Waals surface area contributed by atoms with Crippen molar-refractivity contribution < 1.29 is 8.42 Å². The summed E-state index contributed by atoms with van der Waals surface area (Å²) in [5, 5.41) is 0.449. The smallest absolute Gasteiger partial charge is 0.278 e. The number of nitrogens with zero attached hydrogens (tertiary/aromatic N) is 1. The second-order valence-corrected chi connectivity index (χ2v) is 5.36. The zero-order chi connectivity index (χ0) is 10.8. The highest BCUT2D eigenvalue weighted by molar-refractivity contribution is 8.06. The lowest BCUT2D eigenvalue weighted by molar-refractivity contribution is 0.598. The quantitative estimate of drug-likeness (QED) is 0.462. The van der Waals surface area contributed by atoms with Gasteiger partial charge in [0.2, 0.25) is 0 Å². The van der Waals surface area contributed by atoms with Crippen molar-refractivity contribution in [3.63, 3.8) is 0 Å². The third kappa shape index (κ3) is 3.06. The summed E-state index contributed by atoms with van der Waals surface area (Å²) in [5.41, 5.74) is 0. The van der Waals surface area contributed by atoms with Crippen LogP contribution >= 0.6 is 11.6 Å². The van der Waals surface area contributed by atoms with Crippen LogP contribution in [0, 0.1) is 0 Å². The Hall–Kier alpha value is -0.430. The molecule has 0 saturated heterocycles. The summed E-state index contributed by atoms with van der Waals surface area (Å²) in [6, 6.07) is 5.59. The van der Waals surface area contributed by atoms with E-state index in [1.54, 1.807) is 0 Å². The molecule has 0 unspecified atom stereocenters. The van der Waals surface area contributed by atoms with E-state index in [-0.39, 0.29) is 9.27 Å². The molecule has 0 aliphatic rings. The number of hydrogen-bond donors (Lipinski definition) is 0. The van der Waals surface area contributed by atoms with Crippen LogP contribution in [0.25, 0.3) is 0 Å². The van der Waals surface area contributed by atoms with E-state index in [1.165, 1.54) is 24.3 Å². The highest BCUT2D eigenvalue weighted by Crippen LogP contribution is 2.15. The van der Waals surface area contributed by atoms with Crippen molar-refractivity contribution in [2.75, 3.05) is 0 Å². The molecule has 3 nitrogen and oxygen atoms in total. The van der Waals surface area contributed by atoms with Crippen LogP contribution in [0.3, 0.4) is 0 Å². The van der Waals surface area contributed by atoms with Crippen LogP contribution in [0.1, 0.15) is 0 Å². The van der Waals surface area contributed by atoms with Gasteiger partial charge in [0.25, 0.3) is 10.0 Å². The van der Waals surface area contributed by atoms with Gasteiger partial charge in [-0.05, 0) is 24.3 Å². The van der Waals surface area contributed by atoms with Gasteiger partial charge in [0, 0.05) is 5.02 Å². The maximum Gasteiger partial charge on any atom is 0.278 e. The summed E-state index contributed by atoms with van der Waals surface area (Å²) in [7, 11) is -3.76. The monoisotopic (exact) mass is 265 g/mol. The molecule has 0 atom stereocenters. The van der Waals surface area contributed by atoms with Gasteiger partial charge in [-0.1, -0.05) is 11.6 Å². The highest BCUT2D eigenvalue weighted by atomic mass is 35.5. The molecule has 7 heteroatoms. The predicted molar refractivity (Wildman–Crippen MR) is 60.8 cm³/mol. The van der Waals surface area contributed by atoms with Crippen molar-refractivity contribution in [3.8, 4) is 0 Å². The van der Waals surface area contributed by atoms with E-state index in [2.05, 4.69) is 29.7 Å². The van der Waals surface area contributed by atoms with E-state index in [1.807, 2.05) is 0 Å². The minimum atomic E-state index is -3.76. The minimum absolute atomic E-state index is 0.0223. The Labute approximate surface area is 98.1 Å². The molecule has 1 aromatic rings. The number of hydrogen-bond acceptors (Lipinski definition) is 4. The van der Waals surface area contributed by atoms with Crippen molar-refractivity contribution in [3.05, 3.63) is 29.3 Å². The number of sulfonamides is 1. The Balaban J connectivity index is 3.18. The summed E-state index contributed by atoms with van der Waals surface area (Å²) in [5.74, 6) is 0. The van der Waals surface area contributed by atoms with Crippen LogP contribution in [-0.4, -0.2) is 12.8 Å². The fourth-order valence-corrected chi connectivity index (χ4v) is 2.25. The maximum atomic E-state index is 11.4. The summed E-state index contributed by atoms with van der Waals surface area (Å²) >= 11 is 14.4. The van der Waals surface area contributed by atoms with E-state index in [4.69, 9.17) is 11.6 Å². The van der Waals surface area contributed by atoms with Crippen LogP contribution < -0.4 is 0 Å². The van der Waals surface area contributed by atoms with Gasteiger partial charge in [-0.15, -0.1) is 0 Å². The Morgan fingerprint density at radius 2 is 1.71 bits per heavy atom. The first-order valence-corrected chi connectivity index (χ1v) is 6.00. The fourth-order valence-electron chi connectivity index (χ4n) is 0.757. The lowest BCUT2D eigenvalue weighted by Gasteiger charge is -2.15. The molecule has 0 spiro atoms. The first kappa shape index (κ1) is 11.6. The fraction of sp³-hybridized carbons (Fsp3) is 0. The van der Waals surface area contributed by atoms with Crippen molar-refractivity contribution in [2.45, 2.75) is 4.90 Å². The molecule has 0 bridgehead atoms. The largest absolute Gasteiger partial charge is 0.788 e. The molecule has 0 radical (unpaired) electrons. The van der Waals surface area contributed by atoms with Crippen LogP contribution in [-0.2, 0) is 35.3 Å². The highest BCUT2D eigenvalue weighted by Gasteiger charge is 2.09. The SMILES string of the molecule is O=S(=O)(N=C([S-])[S-])c1ccc(Cl)cc1. The minimum Gasteiger partial charge on any atom is -0.788 e. The van der Waals surface area contributed by atoms with Gasteiger partial charge in [0.15, 0.2) is 0 Å². The van der Waals surface area contributed by atoms with E-state index in [0.29, 0.717) is 5.02 Å². The molecule has 0 heterocycles. The Kier molecular flexibility index (Phi) is 3.65. The average Bonchev–Trinajstić information content (AvgIpc) is 2.02. The molecule has 0 aliphatic heterocycles. The lowest BCUT2D eigenvalue weighted by Crippen LogP contribution is -1.99. The van der Waals surface area contributed by atoms with E-state index in [0.717, 1.165) is 0 Å². The third-order valence-corrected chi connectivity index (χ3v) is 3.26. The zero-order valence-corrected chi connectivity index (χ0v) is 9.88. The maximum absolute atomic E-state index is 11.4. The summed E-state index contributed by atoms with van der Waals surface area (Å²) in [4.78, 5) is 0.0223. The molecule has 0 N–H and O–H groups in total. The molecule has 14 heavy (non-hydrogen) atoms. The molecular formula is C7H4ClNO2S3-2. The first-order valence-electron chi connectivity index (χ1n) is 3.36. The van der Waals surface area contributed by atoms with Gasteiger partial charge in [0.1, 0.15) is 0 Å². The Bertz CT molecular complexity index is 448. The van der Waals surface area contributed by atoms with Gasteiger partial charge in [-0.25, -0.2) is 8.77 Å². The van der Waals surface area contributed by atoms with Crippen molar-refractivity contribution >= 4 is 51.3 Å². The second kappa shape index (κ2) is 4.39. The zero-order valence-electron chi connectivity index (χ0n) is 6.68. The molecule has 0 fully saturated rings. The molecule has 1 rings (SSSR count). The number of benzene rings is 1. The van der Waals surface area contributed by atoms with Gasteiger partial charge >= 0.3 is 0 Å². The van der Waals surface area contributed by atoms with Crippen molar-refractivity contribution in [1.29, 1.82) is 0 Å². The Morgan fingerprint density at radius 3 is 2.14 bits per heavy atom. The molecule has 76 valence electrons. The van der Waals surface area contributed by atoms with Crippen LogP contribution in [0.4, 0.5) is 0 Å². The number of rotatable bonds is 2. The van der Waals surface area contributed by atoms with E-state index in [9.17, 15) is 8.42 Å². The van der Waals surface area contributed by atoms with Crippen molar-refractivity contribution in [1.82, 2.24) is 0 Å². The molecule has 0 amide bonds. The normalized spacial score (nSPS) is 10.9. The third-order valence-electron chi connectivity index (χ3n) is 1.31. The van der Waals surface area contributed by atoms with E-state index < -0.39 is 10.0 Å². The van der Waals surface area contributed by atoms with Gasteiger partial charge in [-0.2, -0.15) is 8.42 Å². The Morgan fingerprint density at radius 1 is 1.21 bits per heavy atom. The van der Waals surface area contributed by atoms with Crippen molar-refractivity contribution in [2.24, 2.45) is 4.40 Å². The van der Waals surface area contributed by atoms with Gasteiger partial charge in [0.05, 0.1) is 4.90 Å². The molecular weight excluding hydrogens is 262 g/mol. The number of halogens is 1. The molecule has 0 aliphatic carbocycles. The van der Waals surface area contributed by atoms with Gasteiger partial charge < -0.3 is 25.3 Å². The standard InChI is InChI=1S/C7H6ClNO2S3/c8-5-1-3-6(4-2-5)14(10,11)9-7(12)13/h1-4H,(H2,9,12,13)/p-2. The predicted octanol–water partition coefficient (Wildman–Crippen LogP) is 1.48. The first-order chi connectivity index (χ1) is 6.42. The summed E-state index contributed by atoms with van der Waals surface area (Å²) in [6.45, 7) is 0. The topological polar surface area (TPSA) is 46.5 Å². The molecule has 0 aromatic heterocycles. The van der Waals surface area contributed by atoms with Crippen LogP contribution in [0.15, 0.2) is 33.6 Å². The molecule has 1 aromatic carbocycles. The molecule has 0 saturated carbocycles. The van der Waals surface area contributed by atoms with Crippen LogP contribution in [0.2, 0.25) is 5.02 Å².